The third-order valence-corrected chi connectivity index (χ3v) is 2.45. The van der Waals surface area contributed by atoms with E-state index in [1.54, 1.807) is 0 Å². The van der Waals surface area contributed by atoms with E-state index in [2.05, 4.69) is 6.92 Å². The van der Waals surface area contributed by atoms with Crippen molar-refractivity contribution in [3.05, 3.63) is 35.1 Å². The molecule has 0 aliphatic carbocycles. The molecular weight excluding hydrogens is 223 g/mol. The molecule has 0 amide bonds. The minimum Gasteiger partial charge on any atom is -0.478 e. The van der Waals surface area contributed by atoms with Gasteiger partial charge in [0.2, 0.25) is 0 Å². The van der Waals surface area contributed by atoms with E-state index in [-0.39, 0.29) is 12.2 Å². The highest BCUT2D eigenvalue weighted by molar-refractivity contribution is 5.89. The Kier molecular flexibility index (Phi) is 5.63. The molecule has 0 bridgehead atoms. The molecule has 0 fully saturated rings. The Balaban J connectivity index is 2.56. The molecule has 0 aliphatic heterocycles. The Labute approximate surface area is 100 Å². The van der Waals surface area contributed by atoms with Crippen molar-refractivity contribution in [3.8, 4) is 0 Å². The molecule has 1 aromatic rings. The lowest BCUT2D eigenvalue weighted by Crippen LogP contribution is -2.05. The summed E-state index contributed by atoms with van der Waals surface area (Å²) < 4.78 is 18.3. The number of aromatic carboxylic acids is 1. The Hall–Kier alpha value is -1.42. The zero-order valence-electron chi connectivity index (χ0n) is 9.91. The van der Waals surface area contributed by atoms with Crippen molar-refractivity contribution in [3.63, 3.8) is 0 Å². The van der Waals surface area contributed by atoms with E-state index in [1.165, 1.54) is 12.1 Å². The van der Waals surface area contributed by atoms with Gasteiger partial charge in [-0.2, -0.15) is 0 Å². The quantitative estimate of drug-likeness (QED) is 0.744. The van der Waals surface area contributed by atoms with Crippen LogP contribution in [-0.4, -0.2) is 17.7 Å². The van der Waals surface area contributed by atoms with Crippen LogP contribution in [0.4, 0.5) is 4.39 Å². The van der Waals surface area contributed by atoms with Crippen molar-refractivity contribution >= 4 is 5.97 Å². The summed E-state index contributed by atoms with van der Waals surface area (Å²) in [4.78, 5) is 10.9. The molecular formula is C13H17FO3. The van der Waals surface area contributed by atoms with E-state index in [0.29, 0.717) is 12.2 Å². The number of ether oxygens (including phenoxy) is 1. The van der Waals surface area contributed by atoms with Crippen LogP contribution in [0.5, 0.6) is 0 Å². The maximum Gasteiger partial charge on any atom is 0.336 e. The third-order valence-electron chi connectivity index (χ3n) is 2.45. The average Bonchev–Trinajstić information content (AvgIpc) is 2.28. The van der Waals surface area contributed by atoms with Crippen LogP contribution in [0.1, 0.15) is 42.1 Å². The fraction of sp³-hybridized carbons (Fsp3) is 0.462. The zero-order chi connectivity index (χ0) is 12.7. The summed E-state index contributed by atoms with van der Waals surface area (Å²) in [6.45, 7) is 2.81. The highest BCUT2D eigenvalue weighted by atomic mass is 19.1. The molecule has 3 nitrogen and oxygen atoms in total. The molecule has 0 radical (unpaired) electrons. The molecule has 1 aromatic carbocycles. The summed E-state index contributed by atoms with van der Waals surface area (Å²) in [6.07, 6.45) is 3.12. The van der Waals surface area contributed by atoms with Crippen molar-refractivity contribution in [1.82, 2.24) is 0 Å². The molecule has 0 saturated carbocycles. The monoisotopic (exact) mass is 240 g/mol. The maximum atomic E-state index is 13.0. The van der Waals surface area contributed by atoms with Crippen molar-refractivity contribution in [1.29, 1.82) is 0 Å². The fourth-order valence-electron chi connectivity index (χ4n) is 1.53. The molecule has 0 heterocycles. The van der Waals surface area contributed by atoms with Crippen LogP contribution < -0.4 is 0 Å². The molecule has 0 spiro atoms. The minimum atomic E-state index is -1.06. The summed E-state index contributed by atoms with van der Waals surface area (Å²) in [7, 11) is 0. The molecule has 1 rings (SSSR count). The first-order chi connectivity index (χ1) is 8.15. The number of carboxylic acids is 1. The molecule has 0 aliphatic rings. The lowest BCUT2D eigenvalue weighted by Gasteiger charge is -2.07. The zero-order valence-corrected chi connectivity index (χ0v) is 9.91. The predicted molar refractivity (Wildman–Crippen MR) is 62.5 cm³/mol. The van der Waals surface area contributed by atoms with E-state index >= 15 is 0 Å². The van der Waals surface area contributed by atoms with E-state index < -0.39 is 11.8 Å². The topological polar surface area (TPSA) is 46.5 Å². The van der Waals surface area contributed by atoms with Gasteiger partial charge in [-0.1, -0.05) is 19.8 Å². The van der Waals surface area contributed by atoms with Crippen LogP contribution in [0, 0.1) is 5.82 Å². The number of halogens is 1. The van der Waals surface area contributed by atoms with Gasteiger partial charge in [-0.05, 0) is 30.2 Å². The second-order valence-corrected chi connectivity index (χ2v) is 3.87. The first-order valence-electron chi connectivity index (χ1n) is 5.74. The van der Waals surface area contributed by atoms with Gasteiger partial charge in [0.25, 0.3) is 0 Å². The van der Waals surface area contributed by atoms with Crippen molar-refractivity contribution in [2.45, 2.75) is 32.8 Å². The maximum absolute atomic E-state index is 13.0. The van der Waals surface area contributed by atoms with Gasteiger partial charge in [-0.25, -0.2) is 9.18 Å². The van der Waals surface area contributed by atoms with Crippen LogP contribution in [0.15, 0.2) is 18.2 Å². The SMILES string of the molecule is CCCCCOCc1cc(F)ccc1C(=O)O. The Morgan fingerprint density at radius 2 is 2.18 bits per heavy atom. The normalized spacial score (nSPS) is 10.5. The van der Waals surface area contributed by atoms with Crippen LogP contribution >= 0.6 is 0 Å². The van der Waals surface area contributed by atoms with Gasteiger partial charge < -0.3 is 9.84 Å². The number of hydrogen-bond donors (Lipinski definition) is 1. The number of carbonyl (C=O) groups is 1. The summed E-state index contributed by atoms with van der Waals surface area (Å²) in [5.74, 6) is -1.50. The lowest BCUT2D eigenvalue weighted by atomic mass is 10.1. The second kappa shape index (κ2) is 7.01. The van der Waals surface area contributed by atoms with Gasteiger partial charge >= 0.3 is 5.97 Å². The van der Waals surface area contributed by atoms with Gasteiger partial charge in [0, 0.05) is 6.61 Å². The van der Waals surface area contributed by atoms with Crippen molar-refractivity contribution in [2.75, 3.05) is 6.61 Å². The van der Waals surface area contributed by atoms with Gasteiger partial charge in [0.1, 0.15) is 5.82 Å². The highest BCUT2D eigenvalue weighted by Gasteiger charge is 2.10. The molecule has 1 N–H and O–H groups in total. The predicted octanol–water partition coefficient (Wildman–Crippen LogP) is 3.23. The number of benzene rings is 1. The van der Waals surface area contributed by atoms with E-state index in [0.717, 1.165) is 25.3 Å². The summed E-state index contributed by atoms with van der Waals surface area (Å²) >= 11 is 0. The first-order valence-corrected chi connectivity index (χ1v) is 5.74. The van der Waals surface area contributed by atoms with E-state index in [9.17, 15) is 9.18 Å². The van der Waals surface area contributed by atoms with Crippen LogP contribution in [0.25, 0.3) is 0 Å². The number of rotatable bonds is 7. The lowest BCUT2D eigenvalue weighted by molar-refractivity contribution is 0.0686. The van der Waals surface area contributed by atoms with Crippen molar-refractivity contribution in [2.24, 2.45) is 0 Å². The number of unbranched alkanes of at least 4 members (excludes halogenated alkanes) is 2. The molecule has 94 valence electrons. The highest BCUT2D eigenvalue weighted by Crippen LogP contribution is 2.13. The average molecular weight is 240 g/mol. The van der Waals surface area contributed by atoms with Crippen LogP contribution in [0.2, 0.25) is 0 Å². The summed E-state index contributed by atoms with van der Waals surface area (Å²) in [5, 5.41) is 8.92. The van der Waals surface area contributed by atoms with Gasteiger partial charge in [-0.15, -0.1) is 0 Å². The fourth-order valence-corrected chi connectivity index (χ4v) is 1.53. The first kappa shape index (κ1) is 13.6. The molecule has 0 aromatic heterocycles. The molecule has 4 heteroatoms. The van der Waals surface area contributed by atoms with E-state index in [4.69, 9.17) is 9.84 Å². The molecule has 0 unspecified atom stereocenters. The standard InChI is InChI=1S/C13H17FO3/c1-2-3-4-7-17-9-10-8-11(14)5-6-12(10)13(15)16/h5-6,8H,2-4,7,9H2,1H3,(H,15,16). The smallest absolute Gasteiger partial charge is 0.336 e. The largest absolute Gasteiger partial charge is 0.478 e. The number of hydrogen-bond acceptors (Lipinski definition) is 2. The molecule has 0 atom stereocenters. The van der Waals surface area contributed by atoms with Gasteiger partial charge in [0.05, 0.1) is 12.2 Å². The molecule has 17 heavy (non-hydrogen) atoms. The van der Waals surface area contributed by atoms with Gasteiger partial charge in [0.15, 0.2) is 0 Å². The Morgan fingerprint density at radius 1 is 1.41 bits per heavy atom. The Bertz CT molecular complexity index is 377. The van der Waals surface area contributed by atoms with Gasteiger partial charge in [-0.3, -0.25) is 0 Å². The minimum absolute atomic E-state index is 0.0990. The second-order valence-electron chi connectivity index (χ2n) is 3.87. The van der Waals surface area contributed by atoms with Crippen molar-refractivity contribution < 1.29 is 19.0 Å². The number of carboxylic acid groups (broad SMARTS) is 1. The molecule has 0 saturated heterocycles. The van der Waals surface area contributed by atoms with E-state index in [1.807, 2.05) is 0 Å². The van der Waals surface area contributed by atoms with Crippen LogP contribution in [0.3, 0.4) is 0 Å². The third kappa shape index (κ3) is 4.53. The summed E-state index contributed by atoms with van der Waals surface area (Å²) in [6, 6.07) is 3.62. The summed E-state index contributed by atoms with van der Waals surface area (Å²) in [5.41, 5.74) is 0.482. The van der Waals surface area contributed by atoms with Crippen LogP contribution in [-0.2, 0) is 11.3 Å². The Morgan fingerprint density at radius 3 is 2.82 bits per heavy atom.